The van der Waals surface area contributed by atoms with E-state index in [1.54, 1.807) is 0 Å². The Morgan fingerprint density at radius 1 is 1.00 bits per heavy atom. The maximum atomic E-state index is 5.95. The van der Waals surface area contributed by atoms with Crippen molar-refractivity contribution in [2.24, 2.45) is 5.73 Å². The average molecular weight is 200 g/mol. The Morgan fingerprint density at radius 2 is 1.50 bits per heavy atom. The highest BCUT2D eigenvalue weighted by atomic mass is 15.1. The van der Waals surface area contributed by atoms with Crippen LogP contribution in [0, 0.1) is 0 Å². The molecule has 0 aromatic heterocycles. The lowest BCUT2D eigenvalue weighted by Gasteiger charge is -2.24. The summed E-state index contributed by atoms with van der Waals surface area (Å²) in [5.74, 6) is 0. The maximum absolute atomic E-state index is 5.95. The van der Waals surface area contributed by atoms with Gasteiger partial charge in [0, 0.05) is 5.54 Å². The van der Waals surface area contributed by atoms with E-state index in [9.17, 15) is 0 Å². The Hall–Kier alpha value is -0.0800. The molecule has 0 heterocycles. The molecule has 2 heteroatoms. The zero-order valence-corrected chi connectivity index (χ0v) is 10.5. The minimum absolute atomic E-state index is 0.00407. The molecule has 0 aromatic carbocycles. The number of hydrogen-bond acceptors (Lipinski definition) is 2. The standard InChI is InChI=1S/C12H28N2/c1-5-9-14(10-6-2)11-7-8-12(3,4)13/h5-11,13H2,1-4H3. The SMILES string of the molecule is CCCN(CCC)CCCC(C)(C)N. The second-order valence-electron chi connectivity index (χ2n) is 4.93. The lowest BCUT2D eigenvalue weighted by atomic mass is 10.00. The Labute approximate surface area is 89.9 Å². The summed E-state index contributed by atoms with van der Waals surface area (Å²) in [6.07, 6.45) is 4.86. The lowest BCUT2D eigenvalue weighted by molar-refractivity contribution is 0.260. The Kier molecular flexibility index (Phi) is 7.20. The van der Waals surface area contributed by atoms with E-state index < -0.39 is 0 Å². The van der Waals surface area contributed by atoms with E-state index >= 15 is 0 Å². The molecule has 0 aliphatic heterocycles. The molecule has 0 bridgehead atoms. The molecule has 0 aliphatic rings. The molecule has 0 aromatic rings. The summed E-state index contributed by atoms with van der Waals surface area (Å²) in [5.41, 5.74) is 5.96. The Morgan fingerprint density at radius 3 is 1.86 bits per heavy atom. The summed E-state index contributed by atoms with van der Waals surface area (Å²) >= 11 is 0. The molecule has 0 saturated carbocycles. The summed E-state index contributed by atoms with van der Waals surface area (Å²) in [6.45, 7) is 12.4. The first-order valence-electron chi connectivity index (χ1n) is 6.01. The summed E-state index contributed by atoms with van der Waals surface area (Å²) in [6, 6.07) is 0. The molecule has 2 nitrogen and oxygen atoms in total. The third kappa shape index (κ3) is 8.52. The molecule has 0 aliphatic carbocycles. The molecular formula is C12H28N2. The van der Waals surface area contributed by atoms with Crippen molar-refractivity contribution in [3.63, 3.8) is 0 Å². The van der Waals surface area contributed by atoms with Gasteiger partial charge in [-0.3, -0.25) is 0 Å². The Balaban J connectivity index is 3.60. The fourth-order valence-electron chi connectivity index (χ4n) is 1.73. The summed E-state index contributed by atoms with van der Waals surface area (Å²) in [4.78, 5) is 2.55. The van der Waals surface area contributed by atoms with Crippen molar-refractivity contribution in [3.05, 3.63) is 0 Å². The molecular weight excluding hydrogens is 172 g/mol. The van der Waals surface area contributed by atoms with Gasteiger partial charge in [-0.15, -0.1) is 0 Å². The lowest BCUT2D eigenvalue weighted by Crippen LogP contribution is -2.34. The largest absolute Gasteiger partial charge is 0.326 e. The van der Waals surface area contributed by atoms with E-state index in [1.165, 1.54) is 38.9 Å². The molecule has 0 saturated heterocycles. The Bertz CT molecular complexity index is 121. The highest BCUT2D eigenvalue weighted by molar-refractivity contribution is 4.72. The van der Waals surface area contributed by atoms with E-state index in [0.29, 0.717) is 0 Å². The van der Waals surface area contributed by atoms with Crippen LogP contribution in [0.25, 0.3) is 0 Å². The van der Waals surface area contributed by atoms with E-state index in [2.05, 4.69) is 32.6 Å². The minimum Gasteiger partial charge on any atom is -0.326 e. The van der Waals surface area contributed by atoms with Crippen LogP contribution in [-0.2, 0) is 0 Å². The van der Waals surface area contributed by atoms with Crippen LogP contribution in [0.1, 0.15) is 53.4 Å². The van der Waals surface area contributed by atoms with Gasteiger partial charge >= 0.3 is 0 Å². The topological polar surface area (TPSA) is 29.3 Å². The monoisotopic (exact) mass is 200 g/mol. The van der Waals surface area contributed by atoms with Crippen LogP contribution in [0.5, 0.6) is 0 Å². The minimum atomic E-state index is 0.00407. The average Bonchev–Trinajstić information content (AvgIpc) is 2.02. The van der Waals surface area contributed by atoms with Crippen molar-refractivity contribution >= 4 is 0 Å². The van der Waals surface area contributed by atoms with Crippen LogP contribution >= 0.6 is 0 Å². The highest BCUT2D eigenvalue weighted by Gasteiger charge is 2.10. The molecule has 0 spiro atoms. The van der Waals surface area contributed by atoms with Crippen molar-refractivity contribution in [1.29, 1.82) is 0 Å². The second kappa shape index (κ2) is 7.24. The van der Waals surface area contributed by atoms with Crippen LogP contribution in [0.4, 0.5) is 0 Å². The second-order valence-corrected chi connectivity index (χ2v) is 4.93. The zero-order valence-electron chi connectivity index (χ0n) is 10.5. The van der Waals surface area contributed by atoms with Crippen molar-refractivity contribution in [1.82, 2.24) is 4.90 Å². The van der Waals surface area contributed by atoms with Gasteiger partial charge in [0.1, 0.15) is 0 Å². The van der Waals surface area contributed by atoms with Gasteiger partial charge in [0.05, 0.1) is 0 Å². The summed E-state index contributed by atoms with van der Waals surface area (Å²) in [7, 11) is 0. The van der Waals surface area contributed by atoms with Crippen LogP contribution in [0.15, 0.2) is 0 Å². The fourth-order valence-corrected chi connectivity index (χ4v) is 1.73. The smallest absolute Gasteiger partial charge is 0.00975 e. The van der Waals surface area contributed by atoms with E-state index in [4.69, 9.17) is 5.73 Å². The third-order valence-electron chi connectivity index (χ3n) is 2.38. The first kappa shape index (κ1) is 13.9. The maximum Gasteiger partial charge on any atom is 0.00975 e. The summed E-state index contributed by atoms with van der Waals surface area (Å²) < 4.78 is 0. The molecule has 0 fully saturated rings. The molecule has 0 radical (unpaired) electrons. The van der Waals surface area contributed by atoms with Gasteiger partial charge in [-0.25, -0.2) is 0 Å². The first-order chi connectivity index (χ1) is 6.49. The van der Waals surface area contributed by atoms with Gasteiger partial charge in [-0.05, 0) is 59.2 Å². The van der Waals surface area contributed by atoms with Crippen LogP contribution in [0.3, 0.4) is 0 Å². The predicted molar refractivity (Wildman–Crippen MR) is 64.5 cm³/mol. The molecule has 0 atom stereocenters. The van der Waals surface area contributed by atoms with Crippen LogP contribution in [0.2, 0.25) is 0 Å². The molecule has 14 heavy (non-hydrogen) atoms. The van der Waals surface area contributed by atoms with Gasteiger partial charge in [0.15, 0.2) is 0 Å². The number of nitrogens with zero attached hydrogens (tertiary/aromatic N) is 1. The molecule has 86 valence electrons. The predicted octanol–water partition coefficient (Wildman–Crippen LogP) is 2.63. The van der Waals surface area contributed by atoms with Gasteiger partial charge < -0.3 is 10.6 Å². The van der Waals surface area contributed by atoms with Gasteiger partial charge in [0.25, 0.3) is 0 Å². The van der Waals surface area contributed by atoms with Crippen LogP contribution < -0.4 is 5.73 Å². The number of rotatable bonds is 8. The molecule has 2 N–H and O–H groups in total. The number of nitrogens with two attached hydrogens (primary N) is 1. The van der Waals surface area contributed by atoms with Crippen molar-refractivity contribution < 1.29 is 0 Å². The molecule has 0 amide bonds. The van der Waals surface area contributed by atoms with Crippen molar-refractivity contribution in [2.45, 2.75) is 58.9 Å². The van der Waals surface area contributed by atoms with E-state index in [1.807, 2.05) is 0 Å². The highest BCUT2D eigenvalue weighted by Crippen LogP contribution is 2.08. The zero-order chi connectivity index (χ0) is 11.0. The van der Waals surface area contributed by atoms with Crippen molar-refractivity contribution in [2.75, 3.05) is 19.6 Å². The quantitative estimate of drug-likeness (QED) is 0.652. The molecule has 0 rings (SSSR count). The van der Waals surface area contributed by atoms with Gasteiger partial charge in [0.2, 0.25) is 0 Å². The normalized spacial score (nSPS) is 12.4. The van der Waals surface area contributed by atoms with Gasteiger partial charge in [-0.1, -0.05) is 13.8 Å². The fraction of sp³-hybridized carbons (Fsp3) is 1.00. The van der Waals surface area contributed by atoms with Gasteiger partial charge in [-0.2, -0.15) is 0 Å². The van der Waals surface area contributed by atoms with Crippen molar-refractivity contribution in [3.8, 4) is 0 Å². The van der Waals surface area contributed by atoms with E-state index in [-0.39, 0.29) is 5.54 Å². The van der Waals surface area contributed by atoms with E-state index in [0.717, 1.165) is 6.42 Å². The van der Waals surface area contributed by atoms with Crippen LogP contribution in [-0.4, -0.2) is 30.1 Å². The third-order valence-corrected chi connectivity index (χ3v) is 2.38. The number of hydrogen-bond donors (Lipinski definition) is 1. The molecule has 0 unspecified atom stereocenters. The first-order valence-corrected chi connectivity index (χ1v) is 6.01. The summed E-state index contributed by atoms with van der Waals surface area (Å²) in [5, 5.41) is 0.